The van der Waals surface area contributed by atoms with Gasteiger partial charge in [-0.25, -0.2) is 0 Å². The average Bonchev–Trinajstić information content (AvgIpc) is 2.84. The fourth-order valence-electron chi connectivity index (χ4n) is 4.16. The molecule has 2 aromatic carbocycles. The number of para-hydroxylation sites is 2. The Morgan fingerprint density at radius 1 is 0.935 bits per heavy atom. The number of carbonyl (C=O) groups excluding carboxylic acids is 1. The normalized spacial score (nSPS) is 17.5. The van der Waals surface area contributed by atoms with Gasteiger partial charge in [0.2, 0.25) is 5.91 Å². The Labute approximate surface area is 184 Å². The molecule has 0 aromatic heterocycles. The Kier molecular flexibility index (Phi) is 7.27. The summed E-state index contributed by atoms with van der Waals surface area (Å²) in [7, 11) is 1.71. The van der Waals surface area contributed by atoms with Crippen molar-refractivity contribution in [3.8, 4) is 5.75 Å². The lowest BCUT2D eigenvalue weighted by atomic mass is 10.2. The van der Waals surface area contributed by atoms with E-state index in [1.54, 1.807) is 7.11 Å². The number of anilines is 3. The molecule has 0 spiro atoms. The molecule has 2 heterocycles. The first-order valence-corrected chi connectivity index (χ1v) is 11.1. The molecule has 0 saturated carbocycles. The van der Waals surface area contributed by atoms with Crippen LogP contribution in [0.1, 0.15) is 6.42 Å². The van der Waals surface area contributed by atoms with E-state index in [9.17, 15) is 4.79 Å². The minimum Gasteiger partial charge on any atom is -0.495 e. The molecule has 4 rings (SSSR count). The Morgan fingerprint density at radius 3 is 2.35 bits per heavy atom. The van der Waals surface area contributed by atoms with Gasteiger partial charge in [0.05, 0.1) is 26.0 Å². The van der Waals surface area contributed by atoms with Crippen molar-refractivity contribution in [2.45, 2.75) is 6.42 Å². The monoisotopic (exact) mass is 424 g/mol. The molecular formula is C24H32N4O3. The van der Waals surface area contributed by atoms with Crippen LogP contribution < -0.4 is 19.9 Å². The van der Waals surface area contributed by atoms with E-state index in [1.807, 2.05) is 30.3 Å². The molecule has 2 aliphatic heterocycles. The molecular weight excluding hydrogens is 392 g/mol. The van der Waals surface area contributed by atoms with E-state index in [4.69, 9.17) is 9.47 Å². The first-order chi connectivity index (χ1) is 15.2. The molecule has 0 aliphatic carbocycles. The zero-order valence-electron chi connectivity index (χ0n) is 18.3. The number of nitrogens with zero attached hydrogens (tertiary/aromatic N) is 3. The summed E-state index contributed by atoms with van der Waals surface area (Å²) in [5, 5.41) is 3.03. The second-order valence-corrected chi connectivity index (χ2v) is 7.95. The molecule has 2 aliphatic rings. The minimum absolute atomic E-state index is 0.0614. The van der Waals surface area contributed by atoms with Gasteiger partial charge in [-0.1, -0.05) is 12.1 Å². The van der Waals surface area contributed by atoms with Gasteiger partial charge < -0.3 is 24.6 Å². The highest BCUT2D eigenvalue weighted by molar-refractivity contribution is 5.91. The molecule has 166 valence electrons. The minimum atomic E-state index is 0.0614. The fraction of sp³-hybridized carbons (Fsp3) is 0.458. The van der Waals surface area contributed by atoms with Crippen molar-refractivity contribution in [2.75, 3.05) is 81.3 Å². The molecule has 0 radical (unpaired) electrons. The Balaban J connectivity index is 1.20. The maximum atomic E-state index is 12.4. The largest absolute Gasteiger partial charge is 0.495 e. The summed E-state index contributed by atoms with van der Waals surface area (Å²) in [4.78, 5) is 19.4. The van der Waals surface area contributed by atoms with E-state index in [1.165, 1.54) is 5.69 Å². The zero-order valence-corrected chi connectivity index (χ0v) is 18.3. The summed E-state index contributed by atoms with van der Waals surface area (Å²) in [6.07, 6.45) is 0.500. The van der Waals surface area contributed by atoms with Gasteiger partial charge in [0.15, 0.2) is 0 Å². The highest BCUT2D eigenvalue weighted by Crippen LogP contribution is 2.28. The standard InChI is InChI=1S/C24H32N4O3/c1-30-23-5-3-2-4-22(23)28-14-12-26(13-15-28)11-10-24(29)25-20-6-8-21(9-7-20)27-16-18-31-19-17-27/h2-9H,10-19H2,1H3,(H,25,29). The number of hydrogen-bond donors (Lipinski definition) is 1. The maximum Gasteiger partial charge on any atom is 0.225 e. The van der Waals surface area contributed by atoms with Crippen molar-refractivity contribution in [1.29, 1.82) is 0 Å². The lowest BCUT2D eigenvalue weighted by Crippen LogP contribution is -2.47. The van der Waals surface area contributed by atoms with Gasteiger partial charge in [-0.05, 0) is 36.4 Å². The predicted octanol–water partition coefficient (Wildman–Crippen LogP) is 2.68. The Hall–Kier alpha value is -2.77. The number of rotatable bonds is 7. The smallest absolute Gasteiger partial charge is 0.225 e. The lowest BCUT2D eigenvalue weighted by molar-refractivity contribution is -0.116. The molecule has 1 amide bonds. The molecule has 0 atom stereocenters. The molecule has 1 N–H and O–H groups in total. The first kappa shape index (κ1) is 21.5. The summed E-state index contributed by atoms with van der Waals surface area (Å²) in [5.74, 6) is 0.973. The third-order valence-electron chi connectivity index (χ3n) is 5.98. The van der Waals surface area contributed by atoms with Crippen molar-refractivity contribution in [2.24, 2.45) is 0 Å². The highest BCUT2D eigenvalue weighted by atomic mass is 16.5. The Bertz CT molecular complexity index is 844. The number of ether oxygens (including phenoxy) is 2. The number of carbonyl (C=O) groups is 1. The average molecular weight is 425 g/mol. The molecule has 2 fully saturated rings. The van der Waals surface area contributed by atoms with Crippen LogP contribution in [0, 0.1) is 0 Å². The summed E-state index contributed by atoms with van der Waals surface area (Å²) in [6, 6.07) is 16.2. The number of morpholine rings is 1. The van der Waals surface area contributed by atoms with Gasteiger partial charge in [0.25, 0.3) is 0 Å². The van der Waals surface area contributed by atoms with Crippen molar-refractivity contribution in [3.63, 3.8) is 0 Å². The molecule has 7 nitrogen and oxygen atoms in total. The predicted molar refractivity (Wildman–Crippen MR) is 124 cm³/mol. The second kappa shape index (κ2) is 10.5. The van der Waals surface area contributed by atoms with Crippen LogP contribution >= 0.6 is 0 Å². The van der Waals surface area contributed by atoms with Gasteiger partial charge in [0, 0.05) is 63.6 Å². The zero-order chi connectivity index (χ0) is 21.5. The molecule has 2 aromatic rings. The van der Waals surface area contributed by atoms with Crippen LogP contribution in [-0.4, -0.2) is 76.9 Å². The number of nitrogens with one attached hydrogen (secondary N) is 1. The van der Waals surface area contributed by atoms with Crippen molar-refractivity contribution in [1.82, 2.24) is 4.90 Å². The molecule has 0 unspecified atom stereocenters. The van der Waals surface area contributed by atoms with Crippen LogP contribution in [0.25, 0.3) is 0 Å². The number of hydrogen-bond acceptors (Lipinski definition) is 6. The molecule has 31 heavy (non-hydrogen) atoms. The van der Waals surface area contributed by atoms with Gasteiger partial charge in [-0.15, -0.1) is 0 Å². The van der Waals surface area contributed by atoms with Gasteiger partial charge in [-0.2, -0.15) is 0 Å². The van der Waals surface area contributed by atoms with E-state index in [0.29, 0.717) is 6.42 Å². The van der Waals surface area contributed by atoms with Crippen molar-refractivity contribution in [3.05, 3.63) is 48.5 Å². The van der Waals surface area contributed by atoms with Gasteiger partial charge in [0.1, 0.15) is 5.75 Å². The lowest BCUT2D eigenvalue weighted by Gasteiger charge is -2.36. The summed E-state index contributed by atoms with van der Waals surface area (Å²) in [6.45, 7) is 7.90. The maximum absolute atomic E-state index is 12.4. The van der Waals surface area contributed by atoms with Gasteiger partial charge >= 0.3 is 0 Å². The van der Waals surface area contributed by atoms with E-state index >= 15 is 0 Å². The van der Waals surface area contributed by atoms with E-state index in [-0.39, 0.29) is 5.91 Å². The van der Waals surface area contributed by atoms with Gasteiger partial charge in [-0.3, -0.25) is 9.69 Å². The molecule has 7 heteroatoms. The van der Waals surface area contributed by atoms with E-state index in [2.05, 4.69) is 38.2 Å². The number of amides is 1. The first-order valence-electron chi connectivity index (χ1n) is 11.1. The third kappa shape index (κ3) is 5.68. The number of benzene rings is 2. The summed E-state index contributed by atoms with van der Waals surface area (Å²) >= 11 is 0. The van der Waals surface area contributed by atoms with Crippen LogP contribution in [0.5, 0.6) is 5.75 Å². The van der Waals surface area contributed by atoms with Crippen LogP contribution in [-0.2, 0) is 9.53 Å². The van der Waals surface area contributed by atoms with Crippen molar-refractivity contribution >= 4 is 23.0 Å². The van der Waals surface area contributed by atoms with Crippen LogP contribution in [0.4, 0.5) is 17.1 Å². The van der Waals surface area contributed by atoms with Crippen LogP contribution in [0.3, 0.4) is 0 Å². The van der Waals surface area contributed by atoms with E-state index in [0.717, 1.165) is 76.2 Å². The Morgan fingerprint density at radius 2 is 1.65 bits per heavy atom. The quantitative estimate of drug-likeness (QED) is 0.738. The van der Waals surface area contributed by atoms with E-state index < -0.39 is 0 Å². The topological polar surface area (TPSA) is 57.3 Å². The summed E-state index contributed by atoms with van der Waals surface area (Å²) < 4.78 is 10.9. The van der Waals surface area contributed by atoms with Crippen LogP contribution in [0.2, 0.25) is 0 Å². The fourth-order valence-corrected chi connectivity index (χ4v) is 4.16. The molecule has 0 bridgehead atoms. The summed E-state index contributed by atoms with van der Waals surface area (Å²) in [5.41, 5.74) is 3.17. The van der Waals surface area contributed by atoms with Crippen molar-refractivity contribution < 1.29 is 14.3 Å². The number of piperazine rings is 1. The van der Waals surface area contributed by atoms with Crippen LogP contribution in [0.15, 0.2) is 48.5 Å². The second-order valence-electron chi connectivity index (χ2n) is 7.95. The third-order valence-corrected chi connectivity index (χ3v) is 5.98. The highest BCUT2D eigenvalue weighted by Gasteiger charge is 2.20. The SMILES string of the molecule is COc1ccccc1N1CCN(CCC(=O)Nc2ccc(N3CCOCC3)cc2)CC1. The number of methoxy groups -OCH3 is 1. The molecule has 2 saturated heterocycles.